The van der Waals surface area contributed by atoms with Gasteiger partial charge in [0.25, 0.3) is 0 Å². The van der Waals surface area contributed by atoms with Crippen LogP contribution in [0.2, 0.25) is 0 Å². The van der Waals surface area contributed by atoms with Gasteiger partial charge in [-0.25, -0.2) is 0 Å². The minimum atomic E-state index is 0.256. The smallest absolute Gasteiger partial charge is 0.0587 e. The fourth-order valence-electron chi connectivity index (χ4n) is 3.79. The number of halogens is 2. The predicted octanol–water partition coefficient (Wildman–Crippen LogP) is 7.05. The number of aryl methyl sites for hydroxylation is 1. The first-order chi connectivity index (χ1) is 13.9. The summed E-state index contributed by atoms with van der Waals surface area (Å²) in [5, 5.41) is 7.32. The van der Waals surface area contributed by atoms with Crippen LogP contribution >= 0.6 is 31.9 Å². The van der Waals surface area contributed by atoms with E-state index in [0.29, 0.717) is 0 Å². The van der Waals surface area contributed by atoms with Gasteiger partial charge in [0.1, 0.15) is 0 Å². The highest BCUT2D eigenvalue weighted by Crippen LogP contribution is 2.61. The van der Waals surface area contributed by atoms with Crippen LogP contribution in [0.3, 0.4) is 0 Å². The third kappa shape index (κ3) is 6.17. The molecule has 0 heterocycles. The Morgan fingerprint density at radius 1 is 0.931 bits per heavy atom. The van der Waals surface area contributed by atoms with E-state index < -0.39 is 0 Å². The first-order valence-electron chi connectivity index (χ1n) is 10.5. The van der Waals surface area contributed by atoms with Gasteiger partial charge in [0.15, 0.2) is 0 Å². The lowest BCUT2D eigenvalue weighted by Crippen LogP contribution is -2.19. The maximum absolute atomic E-state index is 7.32. The van der Waals surface area contributed by atoms with Crippen molar-refractivity contribution in [3.05, 3.63) is 70.8 Å². The van der Waals surface area contributed by atoms with Crippen LogP contribution in [0.1, 0.15) is 61.3 Å². The molecule has 2 saturated carbocycles. The molecule has 2 aliphatic carbocycles. The van der Waals surface area contributed by atoms with Crippen molar-refractivity contribution in [3.8, 4) is 6.07 Å². The van der Waals surface area contributed by atoms with Crippen LogP contribution in [0.5, 0.6) is 0 Å². The minimum absolute atomic E-state index is 0.256. The number of rotatable bonds is 8. The molecule has 0 bridgehead atoms. The molecule has 2 fully saturated rings. The zero-order chi connectivity index (χ0) is 20.9. The van der Waals surface area contributed by atoms with Gasteiger partial charge < -0.3 is 4.90 Å². The average Bonchev–Trinajstić information content (AvgIpc) is 3.63. The second-order valence-corrected chi connectivity index (χ2v) is 11.4. The maximum Gasteiger partial charge on any atom is 0.0587 e. The van der Waals surface area contributed by atoms with E-state index in [4.69, 9.17) is 5.26 Å². The Balaban J connectivity index is 0.000000755. The largest absolute Gasteiger partial charge is 0.302 e. The lowest BCUT2D eigenvalue weighted by molar-refractivity contribution is 0.322. The third-order valence-electron chi connectivity index (χ3n) is 5.73. The van der Waals surface area contributed by atoms with Crippen LogP contribution in [-0.2, 0) is 21.6 Å². The van der Waals surface area contributed by atoms with Crippen molar-refractivity contribution in [1.29, 1.82) is 5.26 Å². The minimum Gasteiger partial charge on any atom is -0.302 e. The van der Waals surface area contributed by atoms with Gasteiger partial charge >= 0.3 is 0 Å². The highest BCUT2D eigenvalue weighted by atomic mass is 79.9. The molecule has 0 saturated heterocycles. The molecule has 0 aromatic heterocycles. The number of alkyl halides is 2. The summed E-state index contributed by atoms with van der Waals surface area (Å²) in [5.41, 5.74) is 5.95. The molecule has 0 amide bonds. The second kappa shape index (κ2) is 9.77. The Hall–Kier alpha value is -1.15. The van der Waals surface area contributed by atoms with Crippen LogP contribution in [0.25, 0.3) is 0 Å². The summed E-state index contributed by atoms with van der Waals surface area (Å²) in [6, 6.07) is 19.7. The van der Waals surface area contributed by atoms with E-state index in [2.05, 4.69) is 92.3 Å². The van der Waals surface area contributed by atoms with Gasteiger partial charge in [-0.15, -0.1) is 0 Å². The highest BCUT2D eigenvalue weighted by molar-refractivity contribution is 9.10. The summed E-state index contributed by atoms with van der Waals surface area (Å²) in [4.78, 5) is 2.43. The normalized spacial score (nSPS) is 17.8. The molecule has 0 aliphatic heterocycles. The number of benzene rings is 2. The Kier molecular flexibility index (Phi) is 7.59. The standard InChI is InChI=1S/C23H27Br2N.C2H3N/c1-26(17-19-6-3-2-4-7-19)15-5-8-18-9-10-20(22(24)11-12-22)21(16-18)23(25)13-14-23;1-2-3/h2-4,6-7,9-10,16H,5,8,11-15,17H2,1H3;1H3. The molecule has 0 spiro atoms. The molecular weight excluding hydrogens is 488 g/mol. The van der Waals surface area contributed by atoms with E-state index in [1.165, 1.54) is 55.7 Å². The van der Waals surface area contributed by atoms with Crippen LogP contribution in [0.4, 0.5) is 0 Å². The van der Waals surface area contributed by atoms with Gasteiger partial charge in [0.05, 0.1) is 14.7 Å². The van der Waals surface area contributed by atoms with Crippen molar-refractivity contribution in [2.75, 3.05) is 13.6 Å². The predicted molar refractivity (Wildman–Crippen MR) is 129 cm³/mol. The number of hydrogen-bond donors (Lipinski definition) is 0. The number of nitriles is 1. The SMILES string of the molecule is CC#N.CN(CCCc1ccc(C2(Br)CC2)c(C2(Br)CC2)c1)Cc1ccccc1. The van der Waals surface area contributed by atoms with E-state index in [1.807, 2.05) is 0 Å². The molecule has 29 heavy (non-hydrogen) atoms. The third-order valence-corrected chi connectivity index (χ3v) is 8.17. The van der Waals surface area contributed by atoms with E-state index in [-0.39, 0.29) is 8.65 Å². The Morgan fingerprint density at radius 3 is 2.10 bits per heavy atom. The molecule has 4 heteroatoms. The summed E-state index contributed by atoms with van der Waals surface area (Å²) in [7, 11) is 2.22. The highest BCUT2D eigenvalue weighted by Gasteiger charge is 2.49. The van der Waals surface area contributed by atoms with Gasteiger partial charge in [0.2, 0.25) is 0 Å². The molecule has 0 radical (unpaired) electrons. The molecule has 2 aromatic rings. The lowest BCUT2D eigenvalue weighted by Gasteiger charge is -2.20. The van der Waals surface area contributed by atoms with Crippen molar-refractivity contribution >= 4 is 31.9 Å². The Bertz CT molecular complexity index is 849. The van der Waals surface area contributed by atoms with Crippen LogP contribution in [0.15, 0.2) is 48.5 Å². The first-order valence-corrected chi connectivity index (χ1v) is 12.0. The molecule has 4 rings (SSSR count). The van der Waals surface area contributed by atoms with Gasteiger partial charge in [-0.05, 0) is 74.4 Å². The van der Waals surface area contributed by atoms with Crippen molar-refractivity contribution in [2.45, 2.75) is 60.6 Å². The summed E-state index contributed by atoms with van der Waals surface area (Å²) in [5.74, 6) is 0. The molecule has 0 unspecified atom stereocenters. The van der Waals surface area contributed by atoms with Gasteiger partial charge in [0, 0.05) is 13.5 Å². The van der Waals surface area contributed by atoms with E-state index >= 15 is 0 Å². The van der Waals surface area contributed by atoms with Gasteiger partial charge in [-0.3, -0.25) is 0 Å². The molecule has 154 valence electrons. The van der Waals surface area contributed by atoms with E-state index in [1.54, 1.807) is 11.6 Å². The zero-order valence-electron chi connectivity index (χ0n) is 17.4. The fourth-order valence-corrected chi connectivity index (χ4v) is 4.86. The number of hydrogen-bond acceptors (Lipinski definition) is 2. The van der Waals surface area contributed by atoms with Crippen LogP contribution < -0.4 is 0 Å². The monoisotopic (exact) mass is 516 g/mol. The van der Waals surface area contributed by atoms with Crippen molar-refractivity contribution in [2.24, 2.45) is 0 Å². The van der Waals surface area contributed by atoms with Crippen LogP contribution in [-0.4, -0.2) is 18.5 Å². The van der Waals surface area contributed by atoms with E-state index in [0.717, 1.165) is 19.5 Å². The van der Waals surface area contributed by atoms with Gasteiger partial charge in [-0.2, -0.15) is 5.26 Å². The molecular formula is C25H30Br2N2. The molecule has 2 aromatic carbocycles. The first kappa shape index (κ1) is 22.5. The van der Waals surface area contributed by atoms with Gasteiger partial charge in [-0.1, -0.05) is 80.4 Å². The zero-order valence-corrected chi connectivity index (χ0v) is 20.6. The maximum atomic E-state index is 7.32. The molecule has 2 aliphatic rings. The summed E-state index contributed by atoms with van der Waals surface area (Å²) >= 11 is 7.97. The summed E-state index contributed by atoms with van der Waals surface area (Å²) in [6.45, 7) is 3.59. The topological polar surface area (TPSA) is 27.0 Å². The number of nitrogens with zero attached hydrogens (tertiary/aromatic N) is 2. The van der Waals surface area contributed by atoms with Crippen molar-refractivity contribution in [1.82, 2.24) is 4.90 Å². The quantitative estimate of drug-likeness (QED) is 0.351. The van der Waals surface area contributed by atoms with Crippen LogP contribution in [0, 0.1) is 11.3 Å². The lowest BCUT2D eigenvalue weighted by atomic mass is 9.95. The fraction of sp³-hybridized carbons (Fsp3) is 0.480. The van der Waals surface area contributed by atoms with Crippen molar-refractivity contribution < 1.29 is 0 Å². The molecule has 0 atom stereocenters. The molecule has 2 nitrogen and oxygen atoms in total. The second-order valence-electron chi connectivity index (χ2n) is 8.36. The van der Waals surface area contributed by atoms with E-state index in [9.17, 15) is 0 Å². The summed E-state index contributed by atoms with van der Waals surface area (Å²) in [6.07, 6.45) is 7.44. The Labute approximate surface area is 192 Å². The molecule has 0 N–H and O–H groups in total. The Morgan fingerprint density at radius 2 is 1.52 bits per heavy atom. The van der Waals surface area contributed by atoms with Crippen molar-refractivity contribution in [3.63, 3.8) is 0 Å². The summed E-state index contributed by atoms with van der Waals surface area (Å²) < 4.78 is 0.520. The average molecular weight is 518 g/mol.